The van der Waals surface area contributed by atoms with Gasteiger partial charge in [-0.05, 0) is 31.2 Å². The van der Waals surface area contributed by atoms with E-state index in [0.717, 1.165) is 4.47 Å². The van der Waals surface area contributed by atoms with E-state index in [1.807, 2.05) is 12.1 Å². The SMILES string of the molecule is CC(CNC(=O)[C@@H](C)N)Sc1ccc(Br)cc1.Cl. The number of nitrogens with one attached hydrogen (secondary N) is 1. The lowest BCUT2D eigenvalue weighted by atomic mass is 10.3. The predicted octanol–water partition coefficient (Wildman–Crippen LogP) is 2.81. The fraction of sp³-hybridized carbons (Fsp3) is 0.417. The molecule has 0 aromatic heterocycles. The number of hydrogen-bond acceptors (Lipinski definition) is 3. The van der Waals surface area contributed by atoms with E-state index >= 15 is 0 Å². The van der Waals surface area contributed by atoms with Gasteiger partial charge in [-0.1, -0.05) is 22.9 Å². The summed E-state index contributed by atoms with van der Waals surface area (Å²) < 4.78 is 1.07. The van der Waals surface area contributed by atoms with Gasteiger partial charge in [-0.25, -0.2) is 0 Å². The van der Waals surface area contributed by atoms with E-state index in [0.29, 0.717) is 11.8 Å². The van der Waals surface area contributed by atoms with Gasteiger partial charge in [-0.2, -0.15) is 0 Å². The molecule has 0 aliphatic rings. The lowest BCUT2D eigenvalue weighted by Crippen LogP contribution is -2.40. The number of amides is 1. The van der Waals surface area contributed by atoms with E-state index in [4.69, 9.17) is 5.73 Å². The normalized spacial score (nSPS) is 13.3. The third-order valence-corrected chi connectivity index (χ3v) is 3.77. The van der Waals surface area contributed by atoms with Gasteiger partial charge in [0.15, 0.2) is 0 Å². The molecule has 0 aliphatic heterocycles. The minimum Gasteiger partial charge on any atom is -0.354 e. The van der Waals surface area contributed by atoms with E-state index in [9.17, 15) is 4.79 Å². The standard InChI is InChI=1S/C12H17BrN2OS.ClH/c1-8(7-15-12(16)9(2)14)17-11-5-3-10(13)4-6-11;/h3-6,8-9H,7,14H2,1-2H3,(H,15,16);1H/t8?,9-;/m1./s1. The van der Waals surface area contributed by atoms with E-state index in [-0.39, 0.29) is 18.3 Å². The van der Waals surface area contributed by atoms with Crippen molar-refractivity contribution in [3.8, 4) is 0 Å². The topological polar surface area (TPSA) is 55.1 Å². The van der Waals surface area contributed by atoms with Crippen LogP contribution in [0.25, 0.3) is 0 Å². The zero-order valence-electron chi connectivity index (χ0n) is 10.4. The van der Waals surface area contributed by atoms with Crippen molar-refractivity contribution in [3.63, 3.8) is 0 Å². The zero-order chi connectivity index (χ0) is 12.8. The minimum absolute atomic E-state index is 0. The molecule has 0 spiro atoms. The monoisotopic (exact) mass is 352 g/mol. The molecule has 0 saturated carbocycles. The molecule has 0 fully saturated rings. The first-order valence-electron chi connectivity index (χ1n) is 5.44. The highest BCUT2D eigenvalue weighted by molar-refractivity contribution is 9.10. The van der Waals surface area contributed by atoms with Crippen molar-refractivity contribution in [2.45, 2.75) is 30.0 Å². The van der Waals surface area contributed by atoms with Crippen LogP contribution in [0.1, 0.15) is 13.8 Å². The molecule has 0 heterocycles. The fourth-order valence-corrected chi connectivity index (χ4v) is 2.38. The number of benzene rings is 1. The van der Waals surface area contributed by atoms with Crippen molar-refractivity contribution < 1.29 is 4.79 Å². The largest absolute Gasteiger partial charge is 0.354 e. The van der Waals surface area contributed by atoms with Gasteiger partial charge in [0, 0.05) is 21.2 Å². The highest BCUT2D eigenvalue weighted by atomic mass is 79.9. The van der Waals surface area contributed by atoms with Crippen LogP contribution in [0.2, 0.25) is 0 Å². The van der Waals surface area contributed by atoms with Crippen LogP contribution in [0.5, 0.6) is 0 Å². The third kappa shape index (κ3) is 6.64. The molecule has 1 aromatic rings. The average Bonchev–Trinajstić information content (AvgIpc) is 2.29. The van der Waals surface area contributed by atoms with E-state index in [1.54, 1.807) is 18.7 Å². The third-order valence-electron chi connectivity index (χ3n) is 2.13. The van der Waals surface area contributed by atoms with E-state index < -0.39 is 6.04 Å². The van der Waals surface area contributed by atoms with Crippen molar-refractivity contribution >= 4 is 46.0 Å². The maximum absolute atomic E-state index is 11.3. The summed E-state index contributed by atoms with van der Waals surface area (Å²) in [6.07, 6.45) is 0. The zero-order valence-corrected chi connectivity index (χ0v) is 13.6. The smallest absolute Gasteiger partial charge is 0.236 e. The van der Waals surface area contributed by atoms with Crippen molar-refractivity contribution in [1.82, 2.24) is 5.32 Å². The number of rotatable bonds is 5. The molecule has 102 valence electrons. The molecule has 1 rings (SSSR count). The quantitative estimate of drug-likeness (QED) is 0.800. The molecular formula is C12H18BrClN2OS. The average molecular weight is 354 g/mol. The van der Waals surface area contributed by atoms with Gasteiger partial charge in [-0.15, -0.1) is 24.2 Å². The minimum atomic E-state index is -0.445. The van der Waals surface area contributed by atoms with Crippen LogP contribution in [0.15, 0.2) is 33.6 Å². The summed E-state index contributed by atoms with van der Waals surface area (Å²) in [5.41, 5.74) is 5.47. The summed E-state index contributed by atoms with van der Waals surface area (Å²) in [6.45, 7) is 4.39. The van der Waals surface area contributed by atoms with Crippen molar-refractivity contribution in [2.24, 2.45) is 5.73 Å². The Labute approximate surface area is 127 Å². The van der Waals surface area contributed by atoms with Crippen LogP contribution in [0.4, 0.5) is 0 Å². The van der Waals surface area contributed by atoms with Crippen LogP contribution >= 0.6 is 40.1 Å². The Hall–Kier alpha value is -0.230. The molecule has 0 saturated heterocycles. The van der Waals surface area contributed by atoms with Crippen LogP contribution < -0.4 is 11.1 Å². The molecular weight excluding hydrogens is 336 g/mol. The predicted molar refractivity (Wildman–Crippen MR) is 83.4 cm³/mol. The second-order valence-corrected chi connectivity index (χ2v) is 6.34. The number of carbonyl (C=O) groups excluding carboxylic acids is 1. The first-order valence-corrected chi connectivity index (χ1v) is 7.12. The second-order valence-electron chi connectivity index (χ2n) is 3.92. The lowest BCUT2D eigenvalue weighted by molar-refractivity contribution is -0.121. The first kappa shape index (κ1) is 17.8. The lowest BCUT2D eigenvalue weighted by Gasteiger charge is -2.13. The fourth-order valence-electron chi connectivity index (χ4n) is 1.19. The van der Waals surface area contributed by atoms with Gasteiger partial charge in [0.1, 0.15) is 0 Å². The molecule has 18 heavy (non-hydrogen) atoms. The van der Waals surface area contributed by atoms with Crippen LogP contribution in [-0.2, 0) is 4.79 Å². The molecule has 3 nitrogen and oxygen atoms in total. The Morgan fingerprint density at radius 3 is 2.44 bits per heavy atom. The van der Waals surface area contributed by atoms with Crippen LogP contribution in [0, 0.1) is 0 Å². The van der Waals surface area contributed by atoms with Gasteiger partial charge in [0.25, 0.3) is 0 Å². The maximum atomic E-state index is 11.3. The van der Waals surface area contributed by atoms with E-state index in [1.165, 1.54) is 4.90 Å². The summed E-state index contributed by atoms with van der Waals surface area (Å²) in [7, 11) is 0. The summed E-state index contributed by atoms with van der Waals surface area (Å²) in [5, 5.41) is 3.14. The van der Waals surface area contributed by atoms with Crippen LogP contribution in [-0.4, -0.2) is 23.7 Å². The number of thioether (sulfide) groups is 1. The van der Waals surface area contributed by atoms with Gasteiger partial charge >= 0.3 is 0 Å². The molecule has 3 N–H and O–H groups in total. The Morgan fingerprint density at radius 2 is 1.94 bits per heavy atom. The summed E-state index contributed by atoms with van der Waals surface area (Å²) in [5.74, 6) is -0.103. The maximum Gasteiger partial charge on any atom is 0.236 e. The molecule has 1 unspecified atom stereocenters. The number of halogens is 2. The first-order chi connectivity index (χ1) is 7.99. The molecule has 1 amide bonds. The van der Waals surface area contributed by atoms with Crippen LogP contribution in [0.3, 0.4) is 0 Å². The molecule has 6 heteroatoms. The van der Waals surface area contributed by atoms with E-state index in [2.05, 4.69) is 40.3 Å². The molecule has 0 aliphatic carbocycles. The molecule has 0 radical (unpaired) electrons. The van der Waals surface area contributed by atoms with Crippen molar-refractivity contribution in [3.05, 3.63) is 28.7 Å². The Balaban J connectivity index is 0.00000289. The highest BCUT2D eigenvalue weighted by Crippen LogP contribution is 2.24. The van der Waals surface area contributed by atoms with Gasteiger partial charge in [0.2, 0.25) is 5.91 Å². The summed E-state index contributed by atoms with van der Waals surface area (Å²) in [6, 6.07) is 7.68. The van der Waals surface area contributed by atoms with Gasteiger partial charge < -0.3 is 11.1 Å². The summed E-state index contributed by atoms with van der Waals surface area (Å²) in [4.78, 5) is 12.5. The number of nitrogens with two attached hydrogens (primary N) is 1. The number of hydrogen-bond donors (Lipinski definition) is 2. The second kappa shape index (κ2) is 8.80. The Kier molecular flexibility index (Phi) is 8.69. The van der Waals surface area contributed by atoms with Gasteiger partial charge in [0.05, 0.1) is 6.04 Å². The summed E-state index contributed by atoms with van der Waals surface area (Å²) >= 11 is 5.13. The molecule has 1 aromatic carbocycles. The van der Waals surface area contributed by atoms with Gasteiger partial charge in [-0.3, -0.25) is 4.79 Å². The number of carbonyl (C=O) groups is 1. The Bertz CT molecular complexity index is 373. The van der Waals surface area contributed by atoms with Crippen molar-refractivity contribution in [1.29, 1.82) is 0 Å². The molecule has 0 bridgehead atoms. The highest BCUT2D eigenvalue weighted by Gasteiger charge is 2.09. The molecule has 2 atom stereocenters. The Morgan fingerprint density at radius 1 is 1.39 bits per heavy atom. The van der Waals surface area contributed by atoms with Crippen molar-refractivity contribution in [2.75, 3.05) is 6.54 Å².